The molecule has 0 heterocycles. The molecule has 0 aliphatic rings. The Kier molecular flexibility index (Phi) is 7.38. The molecule has 0 saturated heterocycles. The van der Waals surface area contributed by atoms with Crippen molar-refractivity contribution in [3.8, 4) is 5.75 Å². The van der Waals surface area contributed by atoms with E-state index in [1.54, 1.807) is 12.1 Å². The van der Waals surface area contributed by atoms with Crippen molar-refractivity contribution in [3.63, 3.8) is 0 Å². The molecule has 146 valence electrons. The van der Waals surface area contributed by atoms with E-state index in [2.05, 4.69) is 16.1 Å². The van der Waals surface area contributed by atoms with Gasteiger partial charge < -0.3 is 10.1 Å². The van der Waals surface area contributed by atoms with Crippen LogP contribution in [0.3, 0.4) is 0 Å². The summed E-state index contributed by atoms with van der Waals surface area (Å²) < 4.78 is 32.3. The summed E-state index contributed by atoms with van der Waals surface area (Å²) in [6.07, 6.45) is 0.0706. The second kappa shape index (κ2) is 9.53. The Morgan fingerprint density at radius 2 is 1.78 bits per heavy atom. The van der Waals surface area contributed by atoms with E-state index in [1.165, 1.54) is 17.7 Å². The fourth-order valence-electron chi connectivity index (χ4n) is 2.59. The monoisotopic (exact) mass is 390 g/mol. The fraction of sp³-hybridized carbons (Fsp3) is 0.350. The van der Waals surface area contributed by atoms with Crippen LogP contribution in [0.2, 0.25) is 0 Å². The van der Waals surface area contributed by atoms with Crippen LogP contribution in [0.15, 0.2) is 47.4 Å². The van der Waals surface area contributed by atoms with Crippen molar-refractivity contribution in [2.75, 3.05) is 13.2 Å². The predicted octanol–water partition coefficient (Wildman–Crippen LogP) is 2.69. The number of rotatable bonds is 9. The number of sulfonamides is 1. The van der Waals surface area contributed by atoms with Crippen LogP contribution < -0.4 is 14.8 Å². The Balaban J connectivity index is 1.81. The van der Waals surface area contributed by atoms with Gasteiger partial charge in [-0.1, -0.05) is 23.8 Å². The zero-order valence-corrected chi connectivity index (χ0v) is 16.7. The molecule has 2 N–H and O–H groups in total. The summed E-state index contributed by atoms with van der Waals surface area (Å²) in [5.74, 6) is 0.409. The molecule has 0 saturated carbocycles. The van der Waals surface area contributed by atoms with Crippen LogP contribution in [0.25, 0.3) is 0 Å². The second-order valence-electron chi connectivity index (χ2n) is 6.26. The summed E-state index contributed by atoms with van der Waals surface area (Å²) in [6.45, 7) is 6.86. The summed E-state index contributed by atoms with van der Waals surface area (Å²) >= 11 is 0. The predicted molar refractivity (Wildman–Crippen MR) is 105 cm³/mol. The van der Waals surface area contributed by atoms with Gasteiger partial charge in [0.05, 0.1) is 11.5 Å². The number of carbonyl (C=O) groups is 1. The first-order valence-electron chi connectivity index (χ1n) is 8.87. The van der Waals surface area contributed by atoms with Crippen molar-refractivity contribution in [1.82, 2.24) is 10.0 Å². The maximum absolute atomic E-state index is 12.3. The van der Waals surface area contributed by atoms with E-state index in [-0.39, 0.29) is 23.8 Å². The van der Waals surface area contributed by atoms with Gasteiger partial charge in [-0.3, -0.25) is 4.79 Å². The van der Waals surface area contributed by atoms with Gasteiger partial charge in [0.15, 0.2) is 0 Å². The van der Waals surface area contributed by atoms with E-state index in [1.807, 2.05) is 32.9 Å². The molecule has 0 aromatic heterocycles. The Morgan fingerprint density at radius 3 is 2.41 bits per heavy atom. The number of amides is 1. The maximum atomic E-state index is 12.3. The third kappa shape index (κ3) is 6.37. The summed E-state index contributed by atoms with van der Waals surface area (Å²) in [5, 5.41) is 2.82. The van der Waals surface area contributed by atoms with E-state index in [0.717, 1.165) is 11.1 Å². The second-order valence-corrected chi connectivity index (χ2v) is 8.03. The van der Waals surface area contributed by atoms with Crippen LogP contribution >= 0.6 is 0 Å². The molecular weight excluding hydrogens is 364 g/mol. The summed E-state index contributed by atoms with van der Waals surface area (Å²) in [6, 6.07) is 12.2. The highest BCUT2D eigenvalue weighted by molar-refractivity contribution is 7.89. The van der Waals surface area contributed by atoms with Gasteiger partial charge in [-0.05, 0) is 56.2 Å². The minimum Gasteiger partial charge on any atom is -0.494 e. The van der Waals surface area contributed by atoms with E-state index >= 15 is 0 Å². The molecule has 0 unspecified atom stereocenters. The summed E-state index contributed by atoms with van der Waals surface area (Å²) in [5.41, 5.74) is 3.33. The van der Waals surface area contributed by atoms with Gasteiger partial charge in [-0.2, -0.15) is 0 Å². The highest BCUT2D eigenvalue weighted by Crippen LogP contribution is 2.15. The van der Waals surface area contributed by atoms with Gasteiger partial charge in [-0.25, -0.2) is 13.1 Å². The lowest BCUT2D eigenvalue weighted by atomic mass is 10.1. The zero-order chi connectivity index (χ0) is 19.9. The first-order chi connectivity index (χ1) is 12.8. The Labute approximate surface area is 161 Å². The largest absolute Gasteiger partial charge is 0.494 e. The van der Waals surface area contributed by atoms with Crippen LogP contribution in [0.5, 0.6) is 5.75 Å². The molecule has 2 aromatic carbocycles. The lowest BCUT2D eigenvalue weighted by Gasteiger charge is -2.10. The third-order valence-corrected chi connectivity index (χ3v) is 5.54. The number of ether oxygens (including phenoxy) is 1. The maximum Gasteiger partial charge on any atom is 0.240 e. The summed E-state index contributed by atoms with van der Waals surface area (Å²) in [4.78, 5) is 12.1. The number of aryl methyl sites for hydroxylation is 2. The van der Waals surface area contributed by atoms with Gasteiger partial charge in [0.25, 0.3) is 0 Å². The molecule has 6 nitrogen and oxygen atoms in total. The highest BCUT2D eigenvalue weighted by Gasteiger charge is 2.14. The normalized spacial score (nSPS) is 11.2. The topological polar surface area (TPSA) is 84.5 Å². The Bertz CT molecular complexity index is 877. The van der Waals surface area contributed by atoms with Crippen LogP contribution in [0, 0.1) is 13.8 Å². The average Bonchev–Trinajstić information content (AvgIpc) is 2.61. The molecule has 2 rings (SSSR count). The quantitative estimate of drug-likeness (QED) is 0.689. The van der Waals surface area contributed by atoms with E-state index < -0.39 is 10.0 Å². The summed E-state index contributed by atoms with van der Waals surface area (Å²) in [7, 11) is -3.65. The van der Waals surface area contributed by atoms with Crippen LogP contribution in [-0.4, -0.2) is 27.5 Å². The molecule has 27 heavy (non-hydrogen) atoms. The SMILES string of the molecule is CCOc1ccc(S(=O)(=O)NCCC(=O)NCc2ccc(C)cc2C)cc1. The fourth-order valence-corrected chi connectivity index (χ4v) is 3.62. The van der Waals surface area contributed by atoms with Crippen molar-refractivity contribution in [2.45, 2.75) is 38.6 Å². The Hall–Kier alpha value is -2.38. The molecule has 7 heteroatoms. The lowest BCUT2D eigenvalue weighted by molar-refractivity contribution is -0.121. The number of nitrogens with one attached hydrogen (secondary N) is 2. The number of benzene rings is 2. The van der Waals surface area contributed by atoms with E-state index in [0.29, 0.717) is 18.9 Å². The first kappa shape index (κ1) is 20.9. The van der Waals surface area contributed by atoms with Crippen LogP contribution in [-0.2, 0) is 21.4 Å². The molecule has 1 amide bonds. The molecule has 0 bridgehead atoms. The molecule has 0 aliphatic heterocycles. The van der Waals surface area contributed by atoms with Gasteiger partial charge in [0, 0.05) is 19.5 Å². The molecule has 2 aromatic rings. The van der Waals surface area contributed by atoms with Crippen LogP contribution in [0.1, 0.15) is 30.0 Å². The smallest absolute Gasteiger partial charge is 0.240 e. The molecule has 0 fully saturated rings. The molecule has 0 aliphatic carbocycles. The lowest BCUT2D eigenvalue weighted by Crippen LogP contribution is -2.30. The van der Waals surface area contributed by atoms with Gasteiger partial charge in [0.2, 0.25) is 15.9 Å². The van der Waals surface area contributed by atoms with Gasteiger partial charge >= 0.3 is 0 Å². The minimum absolute atomic E-state index is 0.0360. The molecule has 0 spiro atoms. The number of hydrogen-bond acceptors (Lipinski definition) is 4. The van der Waals surface area contributed by atoms with Crippen LogP contribution in [0.4, 0.5) is 0 Å². The highest BCUT2D eigenvalue weighted by atomic mass is 32.2. The van der Waals surface area contributed by atoms with Crippen molar-refractivity contribution < 1.29 is 17.9 Å². The average molecular weight is 391 g/mol. The minimum atomic E-state index is -3.65. The van der Waals surface area contributed by atoms with Crippen molar-refractivity contribution in [2.24, 2.45) is 0 Å². The standard InChI is InChI=1S/C20H26N2O4S/c1-4-26-18-7-9-19(10-8-18)27(24,25)22-12-11-20(23)21-14-17-6-5-15(2)13-16(17)3/h5-10,13,22H,4,11-12,14H2,1-3H3,(H,21,23). The molecule has 0 radical (unpaired) electrons. The third-order valence-electron chi connectivity index (χ3n) is 4.06. The number of carbonyl (C=O) groups excluding carboxylic acids is 1. The number of hydrogen-bond donors (Lipinski definition) is 2. The Morgan fingerprint density at radius 1 is 1.07 bits per heavy atom. The van der Waals surface area contributed by atoms with Crippen molar-refractivity contribution in [1.29, 1.82) is 0 Å². The van der Waals surface area contributed by atoms with Crippen molar-refractivity contribution >= 4 is 15.9 Å². The van der Waals surface area contributed by atoms with E-state index in [9.17, 15) is 13.2 Å². The van der Waals surface area contributed by atoms with Crippen molar-refractivity contribution in [3.05, 3.63) is 59.2 Å². The molecular formula is C20H26N2O4S. The molecule has 0 atom stereocenters. The van der Waals surface area contributed by atoms with Gasteiger partial charge in [-0.15, -0.1) is 0 Å². The van der Waals surface area contributed by atoms with Gasteiger partial charge in [0.1, 0.15) is 5.75 Å². The first-order valence-corrected chi connectivity index (χ1v) is 10.4. The van der Waals surface area contributed by atoms with E-state index in [4.69, 9.17) is 4.74 Å². The zero-order valence-electron chi connectivity index (χ0n) is 15.9.